The van der Waals surface area contributed by atoms with Gasteiger partial charge in [0.05, 0.1) is 11.2 Å². The summed E-state index contributed by atoms with van der Waals surface area (Å²) in [7, 11) is 0. The number of hydrogen-bond donors (Lipinski definition) is 2. The molecule has 150 valence electrons. The number of aryl methyl sites for hydroxylation is 2. The molecule has 8 heteroatoms. The number of aliphatic imine (C=N–C) groups is 1. The van der Waals surface area contributed by atoms with Crippen LogP contribution in [0.3, 0.4) is 0 Å². The van der Waals surface area contributed by atoms with Crippen LogP contribution in [0.1, 0.15) is 28.3 Å². The predicted octanol–water partition coefficient (Wildman–Crippen LogP) is 4.33. The van der Waals surface area contributed by atoms with Crippen LogP contribution in [0.5, 0.6) is 0 Å². The van der Waals surface area contributed by atoms with Gasteiger partial charge in [0, 0.05) is 36.1 Å². The van der Waals surface area contributed by atoms with Gasteiger partial charge in [0.25, 0.3) is 0 Å². The van der Waals surface area contributed by atoms with Crippen molar-refractivity contribution in [3.05, 3.63) is 58.0 Å². The maximum absolute atomic E-state index is 5.83. The molecule has 0 aliphatic carbocycles. The summed E-state index contributed by atoms with van der Waals surface area (Å²) in [5.74, 6) is 2.11. The van der Waals surface area contributed by atoms with Crippen LogP contribution in [-0.2, 0) is 13.0 Å². The third kappa shape index (κ3) is 6.59. The lowest BCUT2D eigenvalue weighted by atomic mass is 10.1. The first-order valence-corrected chi connectivity index (χ1v) is 9.91. The van der Waals surface area contributed by atoms with Crippen LogP contribution in [0, 0.1) is 13.8 Å². The summed E-state index contributed by atoms with van der Waals surface area (Å²) in [4.78, 5) is 14.5. The number of thiazole rings is 1. The molecule has 0 saturated heterocycles. The van der Waals surface area contributed by atoms with Gasteiger partial charge < -0.3 is 15.1 Å². The summed E-state index contributed by atoms with van der Waals surface area (Å²) in [6, 6.07) is 8.20. The minimum Gasteiger partial charge on any atom is -0.439 e. The molecule has 2 aromatic heterocycles. The zero-order chi connectivity index (χ0) is 19.1. The summed E-state index contributed by atoms with van der Waals surface area (Å²) in [5, 5.41) is 7.70. The molecule has 0 radical (unpaired) electrons. The number of guanidine groups is 1. The lowest BCUT2D eigenvalue weighted by Gasteiger charge is -2.09. The predicted molar refractivity (Wildman–Crippen MR) is 125 cm³/mol. The van der Waals surface area contributed by atoms with Crippen molar-refractivity contribution in [2.45, 2.75) is 33.7 Å². The lowest BCUT2D eigenvalue weighted by molar-refractivity contribution is 0.509. The van der Waals surface area contributed by atoms with Crippen molar-refractivity contribution in [1.29, 1.82) is 0 Å². The van der Waals surface area contributed by atoms with E-state index < -0.39 is 0 Å². The van der Waals surface area contributed by atoms with Gasteiger partial charge in [0.1, 0.15) is 6.54 Å². The highest BCUT2D eigenvalue weighted by atomic mass is 127. The van der Waals surface area contributed by atoms with E-state index in [0.717, 1.165) is 41.8 Å². The topological polar surface area (TPSA) is 75.3 Å². The van der Waals surface area contributed by atoms with Crippen LogP contribution >= 0.6 is 35.3 Å². The highest BCUT2D eigenvalue weighted by molar-refractivity contribution is 14.0. The van der Waals surface area contributed by atoms with Gasteiger partial charge in [-0.25, -0.2) is 15.0 Å². The Bertz CT molecular complexity index is 888. The molecule has 0 aliphatic heterocycles. The molecule has 1 aromatic carbocycles. The number of aromatic nitrogens is 2. The zero-order valence-electron chi connectivity index (χ0n) is 16.4. The van der Waals surface area contributed by atoms with Crippen molar-refractivity contribution in [2.24, 2.45) is 4.99 Å². The van der Waals surface area contributed by atoms with Gasteiger partial charge in [-0.2, -0.15) is 0 Å². The smallest absolute Gasteiger partial charge is 0.216 e. The molecule has 2 heterocycles. The van der Waals surface area contributed by atoms with Crippen LogP contribution in [0.15, 0.2) is 46.1 Å². The summed E-state index contributed by atoms with van der Waals surface area (Å²) < 4.78 is 5.83. The largest absolute Gasteiger partial charge is 0.439 e. The van der Waals surface area contributed by atoms with Crippen molar-refractivity contribution >= 4 is 41.3 Å². The van der Waals surface area contributed by atoms with Gasteiger partial charge in [0.15, 0.2) is 11.7 Å². The molecule has 0 unspecified atom stereocenters. The van der Waals surface area contributed by atoms with E-state index in [0.29, 0.717) is 12.4 Å². The van der Waals surface area contributed by atoms with E-state index in [1.54, 1.807) is 17.5 Å². The van der Waals surface area contributed by atoms with E-state index in [-0.39, 0.29) is 24.0 Å². The Morgan fingerprint density at radius 3 is 2.57 bits per heavy atom. The molecule has 0 spiro atoms. The van der Waals surface area contributed by atoms with Gasteiger partial charge in [-0.15, -0.1) is 35.3 Å². The Labute approximate surface area is 186 Å². The summed E-state index contributed by atoms with van der Waals surface area (Å²) in [6.45, 7) is 8.14. The maximum atomic E-state index is 5.83. The maximum Gasteiger partial charge on any atom is 0.216 e. The number of nitrogens with one attached hydrogen (secondary N) is 2. The Morgan fingerprint density at radius 1 is 1.11 bits per heavy atom. The van der Waals surface area contributed by atoms with Gasteiger partial charge in [-0.1, -0.05) is 29.8 Å². The van der Waals surface area contributed by atoms with Gasteiger partial charge in [0.2, 0.25) is 5.89 Å². The number of benzene rings is 1. The second kappa shape index (κ2) is 11.2. The van der Waals surface area contributed by atoms with Crippen molar-refractivity contribution in [3.63, 3.8) is 0 Å². The SMILES string of the molecule is CCNC(=NCc1ncc(-c2ccc(C)cc2)o1)NCCc1ncc(C)s1.I. The summed E-state index contributed by atoms with van der Waals surface area (Å²) >= 11 is 1.73. The van der Waals surface area contributed by atoms with E-state index in [2.05, 4.69) is 51.6 Å². The minimum atomic E-state index is 0. The Hall–Kier alpha value is -1.94. The van der Waals surface area contributed by atoms with Crippen molar-refractivity contribution in [3.8, 4) is 11.3 Å². The zero-order valence-corrected chi connectivity index (χ0v) is 19.5. The van der Waals surface area contributed by atoms with Crippen LogP contribution in [0.2, 0.25) is 0 Å². The highest BCUT2D eigenvalue weighted by Crippen LogP contribution is 2.21. The molecule has 0 amide bonds. The van der Waals surface area contributed by atoms with E-state index >= 15 is 0 Å². The van der Waals surface area contributed by atoms with Crippen LogP contribution < -0.4 is 10.6 Å². The Kier molecular flexibility index (Phi) is 8.91. The molecule has 0 fully saturated rings. The molecule has 28 heavy (non-hydrogen) atoms. The average Bonchev–Trinajstić information content (AvgIpc) is 3.29. The van der Waals surface area contributed by atoms with Crippen LogP contribution in [0.4, 0.5) is 0 Å². The average molecular weight is 511 g/mol. The highest BCUT2D eigenvalue weighted by Gasteiger charge is 2.07. The third-order valence-electron chi connectivity index (χ3n) is 3.91. The standard InChI is InChI=1S/C20H25N5OS.HI/c1-4-21-20(22-10-9-19-24-11-15(3)27-19)25-13-18-23-12-17(26-18)16-7-5-14(2)6-8-16;/h5-8,11-12H,4,9-10,13H2,1-3H3,(H2,21,22,25);1H. The van der Waals surface area contributed by atoms with Crippen molar-refractivity contribution in [2.75, 3.05) is 13.1 Å². The second-order valence-electron chi connectivity index (χ2n) is 6.22. The first kappa shape index (κ1) is 22.4. The van der Waals surface area contributed by atoms with Gasteiger partial charge in [-0.05, 0) is 20.8 Å². The van der Waals surface area contributed by atoms with Gasteiger partial charge >= 0.3 is 0 Å². The molecule has 2 N–H and O–H groups in total. The molecule has 0 aliphatic rings. The fraction of sp³-hybridized carbons (Fsp3) is 0.350. The number of rotatable bonds is 7. The van der Waals surface area contributed by atoms with Crippen molar-refractivity contribution in [1.82, 2.24) is 20.6 Å². The summed E-state index contributed by atoms with van der Waals surface area (Å²) in [6.07, 6.45) is 4.54. The lowest BCUT2D eigenvalue weighted by Crippen LogP contribution is -2.38. The molecule has 0 atom stereocenters. The first-order valence-electron chi connectivity index (χ1n) is 9.09. The normalized spacial score (nSPS) is 11.2. The fourth-order valence-corrected chi connectivity index (χ4v) is 3.31. The third-order valence-corrected chi connectivity index (χ3v) is 4.88. The Morgan fingerprint density at radius 2 is 1.89 bits per heavy atom. The summed E-state index contributed by atoms with van der Waals surface area (Å²) in [5.41, 5.74) is 2.24. The molecule has 0 bridgehead atoms. The van der Waals surface area contributed by atoms with Crippen LogP contribution in [-0.4, -0.2) is 29.0 Å². The second-order valence-corrected chi connectivity index (χ2v) is 7.54. The molecule has 6 nitrogen and oxygen atoms in total. The minimum absolute atomic E-state index is 0. The van der Waals surface area contributed by atoms with E-state index in [4.69, 9.17) is 4.42 Å². The molecule has 3 rings (SSSR count). The Balaban J connectivity index is 0.00000280. The molecule has 0 saturated carbocycles. The van der Waals surface area contributed by atoms with E-state index in [1.807, 2.05) is 25.3 Å². The van der Waals surface area contributed by atoms with Crippen LogP contribution in [0.25, 0.3) is 11.3 Å². The number of hydrogen-bond acceptors (Lipinski definition) is 5. The monoisotopic (exact) mass is 511 g/mol. The molecular weight excluding hydrogens is 485 g/mol. The van der Waals surface area contributed by atoms with Gasteiger partial charge in [-0.3, -0.25) is 0 Å². The van der Waals surface area contributed by atoms with E-state index in [9.17, 15) is 0 Å². The quantitative estimate of drug-likeness (QED) is 0.281. The number of halogens is 1. The molecule has 3 aromatic rings. The first-order chi connectivity index (χ1) is 13.1. The van der Waals surface area contributed by atoms with Crippen molar-refractivity contribution < 1.29 is 4.42 Å². The molecular formula is C20H26IN5OS. The fourth-order valence-electron chi connectivity index (χ4n) is 2.53. The number of nitrogens with zero attached hydrogens (tertiary/aromatic N) is 3. The number of oxazole rings is 1. The van der Waals surface area contributed by atoms with E-state index in [1.165, 1.54) is 10.4 Å².